The van der Waals surface area contributed by atoms with Gasteiger partial charge in [-0.05, 0) is 40.0 Å². The van der Waals surface area contributed by atoms with Crippen molar-refractivity contribution in [1.82, 2.24) is 0 Å². The van der Waals surface area contributed by atoms with E-state index < -0.39 is 17.4 Å². The smallest absolute Gasteiger partial charge is 0.323 e. The lowest BCUT2D eigenvalue weighted by Crippen LogP contribution is -2.45. The molecule has 0 radical (unpaired) electrons. The minimum atomic E-state index is -1.22. The number of allylic oxidation sites excluding steroid dienone is 2. The largest absolute Gasteiger partial charge is 0.465 e. The van der Waals surface area contributed by atoms with Crippen molar-refractivity contribution in [2.24, 2.45) is 11.3 Å². The van der Waals surface area contributed by atoms with Crippen molar-refractivity contribution in [3.05, 3.63) is 12.2 Å². The van der Waals surface area contributed by atoms with Gasteiger partial charge in [-0.25, -0.2) is 0 Å². The molecule has 0 aliphatic heterocycles. The van der Waals surface area contributed by atoms with Gasteiger partial charge in [0.1, 0.15) is 0 Å². The Bertz CT molecular complexity index is 315. The maximum absolute atomic E-state index is 12.1. The third-order valence-electron chi connectivity index (χ3n) is 3.39. The van der Waals surface area contributed by atoms with Crippen LogP contribution in [-0.2, 0) is 19.1 Å². The Morgan fingerprint density at radius 2 is 1.78 bits per heavy atom. The van der Waals surface area contributed by atoms with Gasteiger partial charge < -0.3 is 9.47 Å². The Balaban J connectivity index is 2.98. The van der Waals surface area contributed by atoms with Crippen LogP contribution in [0.25, 0.3) is 0 Å². The first-order valence-electron chi connectivity index (χ1n) is 6.58. The molecule has 1 aliphatic carbocycles. The summed E-state index contributed by atoms with van der Waals surface area (Å²) in [5.74, 6) is -1.11. The summed E-state index contributed by atoms with van der Waals surface area (Å²) in [6.07, 6.45) is 6.75. The fourth-order valence-corrected chi connectivity index (χ4v) is 2.24. The van der Waals surface area contributed by atoms with Gasteiger partial charge in [0.25, 0.3) is 0 Å². The van der Waals surface area contributed by atoms with E-state index in [1.807, 2.05) is 12.2 Å². The number of rotatable bonds is 5. The van der Waals surface area contributed by atoms with E-state index in [1.54, 1.807) is 20.8 Å². The van der Waals surface area contributed by atoms with Gasteiger partial charge in [-0.2, -0.15) is 0 Å². The molecule has 4 nitrogen and oxygen atoms in total. The number of hydrogen-bond acceptors (Lipinski definition) is 4. The highest BCUT2D eigenvalue weighted by molar-refractivity contribution is 6.00. The summed E-state index contributed by atoms with van der Waals surface area (Å²) in [6.45, 7) is 5.64. The molecule has 102 valence electrons. The summed E-state index contributed by atoms with van der Waals surface area (Å²) >= 11 is 0. The van der Waals surface area contributed by atoms with E-state index in [0.29, 0.717) is 0 Å². The SMILES string of the molecule is CCOC(=O)C(C)(C(=O)OCC)C1C=CCCC1. The number of ether oxygens (including phenoxy) is 2. The average molecular weight is 254 g/mol. The second-order valence-corrected chi connectivity index (χ2v) is 4.61. The lowest BCUT2D eigenvalue weighted by molar-refractivity contribution is -0.174. The average Bonchev–Trinajstić information content (AvgIpc) is 2.39. The molecule has 18 heavy (non-hydrogen) atoms. The van der Waals surface area contributed by atoms with Crippen molar-refractivity contribution in [3.8, 4) is 0 Å². The summed E-state index contributed by atoms with van der Waals surface area (Å²) in [4.78, 5) is 24.2. The number of carbonyl (C=O) groups is 2. The lowest BCUT2D eigenvalue weighted by atomic mass is 9.72. The third-order valence-corrected chi connectivity index (χ3v) is 3.39. The maximum atomic E-state index is 12.1. The van der Waals surface area contributed by atoms with Crippen LogP contribution in [0, 0.1) is 11.3 Å². The van der Waals surface area contributed by atoms with Gasteiger partial charge in [0.15, 0.2) is 5.41 Å². The Hall–Kier alpha value is -1.32. The highest BCUT2D eigenvalue weighted by atomic mass is 16.6. The van der Waals surface area contributed by atoms with E-state index in [-0.39, 0.29) is 19.1 Å². The van der Waals surface area contributed by atoms with Gasteiger partial charge in [-0.1, -0.05) is 12.2 Å². The van der Waals surface area contributed by atoms with Crippen LogP contribution in [0.2, 0.25) is 0 Å². The molecular weight excluding hydrogens is 232 g/mol. The van der Waals surface area contributed by atoms with Crippen LogP contribution in [0.4, 0.5) is 0 Å². The molecule has 0 bridgehead atoms. The Labute approximate surface area is 108 Å². The zero-order chi connectivity index (χ0) is 13.6. The molecule has 1 atom stereocenters. The monoisotopic (exact) mass is 254 g/mol. The van der Waals surface area contributed by atoms with Gasteiger partial charge in [-0.3, -0.25) is 9.59 Å². The van der Waals surface area contributed by atoms with Crippen LogP contribution in [-0.4, -0.2) is 25.2 Å². The minimum Gasteiger partial charge on any atom is -0.465 e. The second-order valence-electron chi connectivity index (χ2n) is 4.61. The number of hydrogen-bond donors (Lipinski definition) is 0. The molecule has 0 N–H and O–H groups in total. The van der Waals surface area contributed by atoms with Crippen molar-refractivity contribution in [3.63, 3.8) is 0 Å². The third kappa shape index (κ3) is 2.92. The maximum Gasteiger partial charge on any atom is 0.323 e. The van der Waals surface area contributed by atoms with Crippen LogP contribution >= 0.6 is 0 Å². The van der Waals surface area contributed by atoms with Crippen molar-refractivity contribution < 1.29 is 19.1 Å². The van der Waals surface area contributed by atoms with Crippen molar-refractivity contribution in [2.75, 3.05) is 13.2 Å². The Kier molecular flexibility index (Phi) is 5.38. The zero-order valence-corrected chi connectivity index (χ0v) is 11.4. The van der Waals surface area contributed by atoms with Gasteiger partial charge in [0.05, 0.1) is 13.2 Å². The molecule has 1 aliphatic rings. The highest BCUT2D eigenvalue weighted by Gasteiger charge is 2.49. The molecular formula is C14H22O4. The Morgan fingerprint density at radius 3 is 2.17 bits per heavy atom. The molecule has 4 heteroatoms. The van der Waals surface area contributed by atoms with Crippen molar-refractivity contribution in [1.29, 1.82) is 0 Å². The summed E-state index contributed by atoms with van der Waals surface area (Å²) < 4.78 is 10.1. The van der Waals surface area contributed by atoms with Gasteiger partial charge in [0.2, 0.25) is 0 Å². The molecule has 0 aromatic carbocycles. The summed E-state index contributed by atoms with van der Waals surface area (Å²) in [7, 11) is 0. The zero-order valence-electron chi connectivity index (χ0n) is 11.4. The van der Waals surface area contributed by atoms with Gasteiger partial charge >= 0.3 is 11.9 Å². The quantitative estimate of drug-likeness (QED) is 0.429. The molecule has 1 unspecified atom stereocenters. The van der Waals surface area contributed by atoms with E-state index in [2.05, 4.69) is 0 Å². The number of esters is 2. The molecule has 1 rings (SSSR count). The predicted octanol–water partition coefficient (Wildman–Crippen LogP) is 2.48. The number of carbonyl (C=O) groups excluding carboxylic acids is 2. The molecule has 0 amide bonds. The van der Waals surface area contributed by atoms with E-state index >= 15 is 0 Å². The van der Waals surface area contributed by atoms with Crippen LogP contribution in [0.15, 0.2) is 12.2 Å². The molecule has 0 spiro atoms. The summed E-state index contributed by atoms with van der Waals surface area (Å²) in [6, 6.07) is 0. The standard InChI is InChI=1S/C14H22O4/c1-4-17-12(15)14(3,13(16)18-5-2)11-9-7-6-8-10-11/h7,9,11H,4-6,8,10H2,1-3H3. The summed E-state index contributed by atoms with van der Waals surface area (Å²) in [5.41, 5.74) is -1.22. The predicted molar refractivity (Wildman–Crippen MR) is 67.9 cm³/mol. The van der Waals surface area contributed by atoms with Crippen molar-refractivity contribution in [2.45, 2.75) is 40.0 Å². The fourth-order valence-electron chi connectivity index (χ4n) is 2.24. The first-order valence-corrected chi connectivity index (χ1v) is 6.58. The molecule has 0 saturated heterocycles. The lowest BCUT2D eigenvalue weighted by Gasteiger charge is -2.32. The topological polar surface area (TPSA) is 52.6 Å². The first-order chi connectivity index (χ1) is 8.57. The minimum absolute atomic E-state index is 0.135. The van der Waals surface area contributed by atoms with Crippen molar-refractivity contribution >= 4 is 11.9 Å². The fraction of sp³-hybridized carbons (Fsp3) is 0.714. The second kappa shape index (κ2) is 6.57. The van der Waals surface area contributed by atoms with E-state index in [1.165, 1.54) is 0 Å². The Morgan fingerprint density at radius 1 is 1.22 bits per heavy atom. The van der Waals surface area contributed by atoms with Gasteiger partial charge in [0, 0.05) is 5.92 Å². The molecule has 0 aromatic rings. The van der Waals surface area contributed by atoms with E-state index in [4.69, 9.17) is 9.47 Å². The molecule has 0 heterocycles. The normalized spacial score (nSPS) is 19.4. The van der Waals surface area contributed by atoms with E-state index in [9.17, 15) is 9.59 Å². The van der Waals surface area contributed by atoms with Crippen LogP contribution in [0.1, 0.15) is 40.0 Å². The van der Waals surface area contributed by atoms with E-state index in [0.717, 1.165) is 19.3 Å². The first kappa shape index (κ1) is 14.7. The van der Waals surface area contributed by atoms with Crippen LogP contribution in [0.3, 0.4) is 0 Å². The molecule has 0 saturated carbocycles. The highest BCUT2D eigenvalue weighted by Crippen LogP contribution is 2.37. The van der Waals surface area contributed by atoms with Crippen LogP contribution in [0.5, 0.6) is 0 Å². The summed E-state index contributed by atoms with van der Waals surface area (Å²) in [5, 5.41) is 0. The molecule has 0 aromatic heterocycles. The van der Waals surface area contributed by atoms with Crippen LogP contribution < -0.4 is 0 Å². The van der Waals surface area contributed by atoms with Gasteiger partial charge in [-0.15, -0.1) is 0 Å². The molecule has 0 fully saturated rings.